The topological polar surface area (TPSA) is 39.2 Å². The highest BCUT2D eigenvalue weighted by Gasteiger charge is 2.22. The number of hydrogen-bond acceptors (Lipinski definition) is 3. The van der Waals surface area contributed by atoms with E-state index in [1.807, 2.05) is 12.3 Å². The molecule has 0 atom stereocenters. The van der Waals surface area contributed by atoms with Gasteiger partial charge in [-0.05, 0) is 70.5 Å². The molecule has 0 spiro atoms. The Kier molecular flexibility index (Phi) is 4.83. The van der Waals surface area contributed by atoms with E-state index in [2.05, 4.69) is 90.1 Å². The lowest BCUT2D eigenvalue weighted by molar-refractivity contribution is 0.494. The minimum atomic E-state index is 0.00205. The van der Waals surface area contributed by atoms with E-state index in [9.17, 15) is 0 Å². The van der Waals surface area contributed by atoms with Crippen LogP contribution in [0.3, 0.4) is 0 Å². The molecule has 0 aliphatic carbocycles. The summed E-state index contributed by atoms with van der Waals surface area (Å²) in [6.45, 7) is 13.4. The van der Waals surface area contributed by atoms with E-state index >= 15 is 0 Å². The lowest BCUT2D eigenvalue weighted by atomic mass is 9.82. The van der Waals surface area contributed by atoms with E-state index < -0.39 is 0 Å². The predicted molar refractivity (Wildman–Crippen MR) is 146 cm³/mol. The fraction of sp³-hybridized carbons (Fsp3) is 0.281. The molecule has 176 valence electrons. The van der Waals surface area contributed by atoms with Gasteiger partial charge in [0.05, 0.1) is 0 Å². The summed E-state index contributed by atoms with van der Waals surface area (Å²) < 4.78 is 13.0. The molecule has 6 rings (SSSR count). The maximum absolute atomic E-state index is 6.61. The van der Waals surface area contributed by atoms with Gasteiger partial charge in [-0.15, -0.1) is 0 Å². The Morgan fingerprint density at radius 2 is 1.51 bits per heavy atom. The second-order valence-electron chi connectivity index (χ2n) is 11.2. The summed E-state index contributed by atoms with van der Waals surface area (Å²) in [4.78, 5) is 4.82. The normalized spacial score (nSPS) is 12.7. The summed E-state index contributed by atoms with van der Waals surface area (Å²) in [6.07, 6.45) is 2.81. The summed E-state index contributed by atoms with van der Waals surface area (Å²) in [5, 5.41) is 5.76. The standard InChI is InChI=1S/C32H31NO2/c1-18(2)15-27-19(3)22-11-12-24-25-13-14-33-28(29(25)35-31(24)30(22)34-27)21-16-20-9-7-8-10-23(20)26(17-21)32(4,5)6/h7-14,16-18H,15H2,1-6H3. The highest BCUT2D eigenvalue weighted by Crippen LogP contribution is 2.41. The third-order valence-electron chi connectivity index (χ3n) is 7.10. The predicted octanol–water partition coefficient (Wildman–Crippen LogP) is 9.35. The lowest BCUT2D eigenvalue weighted by Crippen LogP contribution is -2.12. The Morgan fingerprint density at radius 3 is 2.29 bits per heavy atom. The van der Waals surface area contributed by atoms with Crippen LogP contribution in [0.15, 0.2) is 69.6 Å². The van der Waals surface area contributed by atoms with Gasteiger partial charge in [0.15, 0.2) is 16.7 Å². The quantitative estimate of drug-likeness (QED) is 0.263. The average molecular weight is 462 g/mol. The molecule has 3 heterocycles. The molecule has 0 radical (unpaired) electrons. The molecule has 3 aromatic carbocycles. The van der Waals surface area contributed by atoms with Crippen LogP contribution in [0.1, 0.15) is 51.5 Å². The van der Waals surface area contributed by atoms with Gasteiger partial charge in [-0.2, -0.15) is 0 Å². The van der Waals surface area contributed by atoms with Gasteiger partial charge in [-0.1, -0.05) is 58.9 Å². The van der Waals surface area contributed by atoms with Crippen molar-refractivity contribution in [2.45, 2.75) is 53.4 Å². The number of fused-ring (bicyclic) bond motifs is 6. The molecule has 0 amide bonds. The van der Waals surface area contributed by atoms with Crippen LogP contribution in [0.4, 0.5) is 0 Å². The molecule has 0 aliphatic rings. The number of rotatable bonds is 3. The summed E-state index contributed by atoms with van der Waals surface area (Å²) in [7, 11) is 0. The maximum Gasteiger partial charge on any atom is 0.178 e. The first-order chi connectivity index (χ1) is 16.7. The van der Waals surface area contributed by atoms with Gasteiger partial charge in [0.25, 0.3) is 0 Å². The molecule has 0 N–H and O–H groups in total. The van der Waals surface area contributed by atoms with Crippen molar-refractivity contribution in [3.63, 3.8) is 0 Å². The molecule has 0 saturated carbocycles. The van der Waals surface area contributed by atoms with Crippen molar-refractivity contribution < 1.29 is 8.83 Å². The number of aryl methyl sites for hydroxylation is 1. The van der Waals surface area contributed by atoms with Gasteiger partial charge in [0.2, 0.25) is 0 Å². The lowest BCUT2D eigenvalue weighted by Gasteiger charge is -2.22. The number of benzene rings is 3. The molecule has 0 unspecified atom stereocenters. The first-order valence-electron chi connectivity index (χ1n) is 12.5. The highest BCUT2D eigenvalue weighted by molar-refractivity contribution is 6.16. The van der Waals surface area contributed by atoms with Crippen LogP contribution >= 0.6 is 0 Å². The zero-order chi connectivity index (χ0) is 24.5. The van der Waals surface area contributed by atoms with Crippen molar-refractivity contribution in [2.24, 2.45) is 5.92 Å². The fourth-order valence-corrected chi connectivity index (χ4v) is 5.33. The summed E-state index contributed by atoms with van der Waals surface area (Å²) >= 11 is 0. The minimum Gasteiger partial charge on any atom is -0.457 e. The Balaban J connectivity index is 1.64. The van der Waals surface area contributed by atoms with Gasteiger partial charge >= 0.3 is 0 Å². The third-order valence-corrected chi connectivity index (χ3v) is 7.10. The smallest absolute Gasteiger partial charge is 0.178 e. The number of aromatic nitrogens is 1. The molecule has 3 heteroatoms. The van der Waals surface area contributed by atoms with Crippen molar-refractivity contribution in [1.82, 2.24) is 4.98 Å². The van der Waals surface area contributed by atoms with Crippen molar-refractivity contribution in [2.75, 3.05) is 0 Å². The molecule has 0 aliphatic heterocycles. The van der Waals surface area contributed by atoms with E-state index in [-0.39, 0.29) is 5.41 Å². The first-order valence-corrected chi connectivity index (χ1v) is 12.5. The summed E-state index contributed by atoms with van der Waals surface area (Å²) in [5.74, 6) is 1.58. The fourth-order valence-electron chi connectivity index (χ4n) is 5.33. The second-order valence-corrected chi connectivity index (χ2v) is 11.2. The highest BCUT2D eigenvalue weighted by atomic mass is 16.4. The van der Waals surface area contributed by atoms with Gasteiger partial charge in [-0.3, -0.25) is 4.98 Å². The molecular weight excluding hydrogens is 430 g/mol. The molecule has 3 nitrogen and oxygen atoms in total. The monoisotopic (exact) mass is 461 g/mol. The van der Waals surface area contributed by atoms with Crippen molar-refractivity contribution in [3.05, 3.63) is 77.7 Å². The minimum absolute atomic E-state index is 0.00205. The van der Waals surface area contributed by atoms with E-state index in [1.165, 1.54) is 21.9 Å². The van der Waals surface area contributed by atoms with Gasteiger partial charge in [0, 0.05) is 34.3 Å². The van der Waals surface area contributed by atoms with Crippen molar-refractivity contribution >= 4 is 43.7 Å². The third kappa shape index (κ3) is 3.44. The number of hydrogen-bond donors (Lipinski definition) is 0. The van der Waals surface area contributed by atoms with E-state index in [0.29, 0.717) is 5.92 Å². The van der Waals surface area contributed by atoms with Gasteiger partial charge < -0.3 is 8.83 Å². The molecule has 35 heavy (non-hydrogen) atoms. The maximum atomic E-state index is 6.61. The van der Waals surface area contributed by atoms with Crippen LogP contribution in [0.5, 0.6) is 0 Å². The number of pyridine rings is 1. The average Bonchev–Trinajstić information content (AvgIpc) is 3.35. The van der Waals surface area contributed by atoms with Gasteiger partial charge in [-0.25, -0.2) is 0 Å². The summed E-state index contributed by atoms with van der Waals surface area (Å²) in [5.41, 5.74) is 6.92. The van der Waals surface area contributed by atoms with Crippen molar-refractivity contribution in [1.29, 1.82) is 0 Å². The SMILES string of the molecule is Cc1c(CC(C)C)oc2c1ccc1c3ccnc(-c4cc(C(C)(C)C)c5ccccc5c4)c3oc12. The van der Waals surface area contributed by atoms with Crippen molar-refractivity contribution in [3.8, 4) is 11.3 Å². The van der Waals surface area contributed by atoms with Gasteiger partial charge in [0.1, 0.15) is 11.5 Å². The zero-order valence-corrected chi connectivity index (χ0v) is 21.3. The van der Waals surface area contributed by atoms with E-state index in [0.717, 1.165) is 56.3 Å². The molecule has 6 aromatic rings. The molecule has 0 fully saturated rings. The Labute approximate surface area is 205 Å². The second kappa shape index (κ2) is 7.71. The van der Waals surface area contributed by atoms with Crippen LogP contribution in [0.2, 0.25) is 0 Å². The molecule has 3 aromatic heterocycles. The first kappa shape index (κ1) is 21.9. The Morgan fingerprint density at radius 1 is 0.800 bits per heavy atom. The van der Waals surface area contributed by atoms with Crippen LogP contribution in [-0.2, 0) is 11.8 Å². The molecule has 0 bridgehead atoms. The number of nitrogens with zero attached hydrogens (tertiary/aromatic N) is 1. The Bertz CT molecular complexity index is 1740. The molecular formula is C32H31NO2. The van der Waals surface area contributed by atoms with E-state index in [4.69, 9.17) is 13.8 Å². The largest absolute Gasteiger partial charge is 0.457 e. The zero-order valence-electron chi connectivity index (χ0n) is 21.3. The molecule has 0 saturated heterocycles. The van der Waals surface area contributed by atoms with Crippen LogP contribution in [0.25, 0.3) is 54.9 Å². The number of furan rings is 2. The van der Waals surface area contributed by atoms with Crippen LogP contribution in [-0.4, -0.2) is 4.98 Å². The summed E-state index contributed by atoms with van der Waals surface area (Å²) in [6, 6.07) is 19.5. The van der Waals surface area contributed by atoms with Crippen LogP contribution in [0, 0.1) is 12.8 Å². The van der Waals surface area contributed by atoms with Crippen LogP contribution < -0.4 is 0 Å². The Hall–Kier alpha value is -3.59. The van der Waals surface area contributed by atoms with E-state index in [1.54, 1.807) is 0 Å².